The Balaban J connectivity index is 2.20. The number of aliphatic hydroxyl groups is 1. The fourth-order valence-corrected chi connectivity index (χ4v) is 3.15. The van der Waals surface area contributed by atoms with Crippen molar-refractivity contribution in [3.05, 3.63) is 45.4 Å². The number of aromatic amines is 1. The summed E-state index contributed by atoms with van der Waals surface area (Å²) in [4.78, 5) is 28.5. The highest BCUT2D eigenvalue weighted by atomic mass is 19.2. The van der Waals surface area contributed by atoms with Gasteiger partial charge in [0, 0.05) is 18.3 Å². The number of aromatic nitrogens is 1. The molecule has 0 fully saturated rings. The number of fused-ring (bicyclic) bond motifs is 3. The minimum absolute atomic E-state index is 0.0111. The van der Waals surface area contributed by atoms with Gasteiger partial charge in [-0.1, -0.05) is 6.92 Å². The van der Waals surface area contributed by atoms with E-state index in [0.717, 1.165) is 12.1 Å². The first kappa shape index (κ1) is 18.4. The lowest BCUT2D eigenvalue weighted by Crippen LogP contribution is -2.55. The first-order valence-corrected chi connectivity index (χ1v) is 8.07. The maximum atomic E-state index is 13.8. The molecule has 1 amide bonds. The number of benzene rings is 1. The van der Waals surface area contributed by atoms with Gasteiger partial charge in [-0.2, -0.15) is 0 Å². The number of nitrogens with two attached hydrogens (primary N) is 1. The molecule has 2 atom stereocenters. The lowest BCUT2D eigenvalue weighted by molar-refractivity contribution is -0.154. The Bertz CT molecular complexity index is 942. The minimum Gasteiger partial charge on any atom is -0.373 e. The number of nitrogens with zero attached hydrogens (tertiary/aromatic N) is 1. The van der Waals surface area contributed by atoms with E-state index >= 15 is 0 Å². The van der Waals surface area contributed by atoms with Crippen molar-refractivity contribution in [3.63, 3.8) is 0 Å². The number of hydrogen-bond donors (Lipinski definition) is 3. The molecule has 1 aromatic heterocycles. The van der Waals surface area contributed by atoms with E-state index in [-0.39, 0.29) is 30.4 Å². The summed E-state index contributed by atoms with van der Waals surface area (Å²) in [5.74, 6) is -2.99. The quantitative estimate of drug-likeness (QED) is 0.699. The van der Waals surface area contributed by atoms with E-state index in [4.69, 9.17) is 10.5 Å². The van der Waals surface area contributed by atoms with E-state index in [1.807, 2.05) is 0 Å². The maximum Gasteiger partial charge on any atom is 0.269 e. The lowest BCUT2D eigenvalue weighted by Gasteiger charge is -2.36. The average Bonchev–Trinajstić information content (AvgIpc) is 2.61. The topological polar surface area (TPSA) is 109 Å². The average molecular weight is 367 g/mol. The molecule has 2 aromatic rings. The highest BCUT2D eigenvalue weighted by Crippen LogP contribution is 2.34. The Kier molecular flexibility index (Phi) is 4.55. The fraction of sp³-hybridized carbons (Fsp3) is 0.412. The molecule has 0 bridgehead atoms. The summed E-state index contributed by atoms with van der Waals surface area (Å²) in [5, 5.41) is 10.2. The zero-order chi connectivity index (χ0) is 19.2. The molecule has 1 aliphatic heterocycles. The van der Waals surface area contributed by atoms with Gasteiger partial charge in [-0.3, -0.25) is 15.3 Å². The van der Waals surface area contributed by atoms with Crippen molar-refractivity contribution in [3.8, 4) is 0 Å². The van der Waals surface area contributed by atoms with Gasteiger partial charge < -0.3 is 19.7 Å². The molecular weight excluding hydrogens is 348 g/mol. The van der Waals surface area contributed by atoms with Crippen LogP contribution in [-0.2, 0) is 16.1 Å². The van der Waals surface area contributed by atoms with Crippen LogP contribution in [0.4, 0.5) is 8.78 Å². The van der Waals surface area contributed by atoms with Crippen LogP contribution in [0.2, 0.25) is 0 Å². The van der Waals surface area contributed by atoms with Crippen molar-refractivity contribution in [2.75, 3.05) is 13.7 Å². The van der Waals surface area contributed by atoms with Crippen LogP contribution in [-0.4, -0.2) is 40.3 Å². The number of ether oxygens (including phenoxy) is 1. The highest BCUT2D eigenvalue weighted by Gasteiger charge is 2.38. The molecule has 0 unspecified atom stereocenters. The van der Waals surface area contributed by atoms with Crippen molar-refractivity contribution < 1.29 is 23.4 Å². The zero-order valence-corrected chi connectivity index (χ0v) is 14.3. The number of carbonyl (C=O) groups is 1. The summed E-state index contributed by atoms with van der Waals surface area (Å²) in [7, 11) is 1.43. The van der Waals surface area contributed by atoms with Gasteiger partial charge in [0.1, 0.15) is 0 Å². The SMILES string of the molecule is CC[C@@](N)(O)C(=O)N(C)[C@H]1COCc2[nH]c(=O)c3cc(F)c(F)cc3c21. The van der Waals surface area contributed by atoms with Crippen LogP contribution in [0.5, 0.6) is 0 Å². The highest BCUT2D eigenvalue weighted by molar-refractivity contribution is 5.88. The summed E-state index contributed by atoms with van der Waals surface area (Å²) in [5.41, 5.74) is 3.77. The first-order valence-electron chi connectivity index (χ1n) is 8.07. The third-order valence-corrected chi connectivity index (χ3v) is 4.74. The second-order valence-corrected chi connectivity index (χ2v) is 6.38. The fourth-order valence-electron chi connectivity index (χ4n) is 3.15. The summed E-state index contributed by atoms with van der Waals surface area (Å²) in [6, 6.07) is 1.02. The van der Waals surface area contributed by atoms with Crippen LogP contribution in [0.3, 0.4) is 0 Å². The molecule has 2 heterocycles. The summed E-state index contributed by atoms with van der Waals surface area (Å²) < 4.78 is 32.8. The molecule has 3 rings (SSSR count). The van der Waals surface area contributed by atoms with Gasteiger partial charge in [0.2, 0.25) is 0 Å². The van der Waals surface area contributed by atoms with Crippen LogP contribution in [0.1, 0.15) is 30.6 Å². The number of amides is 1. The van der Waals surface area contributed by atoms with Crippen molar-refractivity contribution in [2.24, 2.45) is 5.73 Å². The third kappa shape index (κ3) is 2.87. The molecule has 7 nitrogen and oxygen atoms in total. The molecule has 0 saturated carbocycles. The number of halogens is 2. The van der Waals surface area contributed by atoms with E-state index < -0.39 is 34.9 Å². The number of nitrogens with one attached hydrogen (secondary N) is 1. The number of pyridine rings is 1. The molecule has 4 N–H and O–H groups in total. The van der Waals surface area contributed by atoms with Gasteiger partial charge in [0.25, 0.3) is 11.5 Å². The molecule has 1 aliphatic rings. The van der Waals surface area contributed by atoms with Crippen LogP contribution in [0.25, 0.3) is 10.8 Å². The largest absolute Gasteiger partial charge is 0.373 e. The van der Waals surface area contributed by atoms with Gasteiger partial charge in [0.05, 0.1) is 24.6 Å². The Morgan fingerprint density at radius 1 is 1.42 bits per heavy atom. The summed E-state index contributed by atoms with van der Waals surface area (Å²) in [6.07, 6.45) is -0.0111. The second kappa shape index (κ2) is 6.42. The van der Waals surface area contributed by atoms with Crippen LogP contribution in [0, 0.1) is 11.6 Å². The number of hydrogen-bond acceptors (Lipinski definition) is 5. The van der Waals surface area contributed by atoms with Crippen molar-refractivity contribution in [2.45, 2.75) is 31.7 Å². The van der Waals surface area contributed by atoms with Gasteiger partial charge in [-0.05, 0) is 23.9 Å². The van der Waals surface area contributed by atoms with Crippen LogP contribution >= 0.6 is 0 Å². The van der Waals surface area contributed by atoms with Gasteiger partial charge in [-0.15, -0.1) is 0 Å². The molecule has 0 radical (unpaired) electrons. The molecule has 0 spiro atoms. The molecular formula is C17H19F2N3O4. The Labute approximate surface area is 147 Å². The first-order chi connectivity index (χ1) is 12.2. The number of rotatable bonds is 3. The number of carbonyl (C=O) groups excluding carboxylic acids is 1. The molecule has 0 aliphatic carbocycles. The Morgan fingerprint density at radius 2 is 2.04 bits per heavy atom. The summed E-state index contributed by atoms with van der Waals surface area (Å²) in [6.45, 7) is 1.66. The zero-order valence-electron chi connectivity index (χ0n) is 14.3. The normalized spacial score (nSPS) is 19.1. The van der Waals surface area contributed by atoms with Gasteiger partial charge in [-0.25, -0.2) is 8.78 Å². The Hall–Kier alpha value is -2.36. The maximum absolute atomic E-state index is 13.8. The van der Waals surface area contributed by atoms with Gasteiger partial charge in [0.15, 0.2) is 17.4 Å². The Morgan fingerprint density at radius 3 is 2.65 bits per heavy atom. The predicted octanol–water partition coefficient (Wildman–Crippen LogP) is 0.893. The predicted molar refractivity (Wildman–Crippen MR) is 89.1 cm³/mol. The van der Waals surface area contributed by atoms with E-state index in [0.29, 0.717) is 11.3 Å². The molecule has 9 heteroatoms. The van der Waals surface area contributed by atoms with E-state index in [1.165, 1.54) is 11.9 Å². The monoisotopic (exact) mass is 367 g/mol. The van der Waals surface area contributed by atoms with Crippen molar-refractivity contribution >= 4 is 16.7 Å². The van der Waals surface area contributed by atoms with Crippen molar-refractivity contribution in [1.82, 2.24) is 9.88 Å². The molecule has 140 valence electrons. The van der Waals surface area contributed by atoms with Crippen molar-refractivity contribution in [1.29, 1.82) is 0 Å². The number of H-pyrrole nitrogens is 1. The van der Waals surface area contributed by atoms with E-state index in [2.05, 4.69) is 4.98 Å². The third-order valence-electron chi connectivity index (χ3n) is 4.74. The molecule has 0 saturated heterocycles. The standard InChI is InChI=1S/C17H19F2N3O4/c1-3-17(20,25)16(24)22(2)13-7-26-6-12-14(13)8-4-10(18)11(19)5-9(8)15(23)21-12/h4-5,13,25H,3,6-7,20H2,1-2H3,(H,21,23)/t13-,17+/m0/s1. The summed E-state index contributed by atoms with van der Waals surface area (Å²) >= 11 is 0. The lowest BCUT2D eigenvalue weighted by atomic mass is 9.94. The molecule has 1 aromatic carbocycles. The second-order valence-electron chi connectivity index (χ2n) is 6.38. The van der Waals surface area contributed by atoms with E-state index in [9.17, 15) is 23.5 Å². The van der Waals surface area contributed by atoms with Crippen LogP contribution < -0.4 is 11.3 Å². The number of likely N-dealkylation sites (N-methyl/N-ethyl adjacent to an activating group) is 1. The van der Waals surface area contributed by atoms with E-state index in [1.54, 1.807) is 6.92 Å². The molecule has 26 heavy (non-hydrogen) atoms. The minimum atomic E-state index is -2.07. The van der Waals surface area contributed by atoms with Gasteiger partial charge >= 0.3 is 0 Å². The smallest absolute Gasteiger partial charge is 0.269 e. The van der Waals surface area contributed by atoms with Crippen LogP contribution in [0.15, 0.2) is 16.9 Å².